The van der Waals surface area contributed by atoms with E-state index in [2.05, 4.69) is 5.32 Å². The number of carbonyl (C=O) groups excluding carboxylic acids is 2. The number of amides is 2. The molecular weight excluding hydrogens is 332 g/mol. The van der Waals surface area contributed by atoms with Crippen LogP contribution in [0.25, 0.3) is 0 Å². The number of aliphatic hydroxyl groups is 2. The van der Waals surface area contributed by atoms with Gasteiger partial charge in [-0.05, 0) is 17.7 Å². The molecular formula is C20H22N2O4. The summed E-state index contributed by atoms with van der Waals surface area (Å²) in [5.41, 5.74) is -0.250. The first kappa shape index (κ1) is 18.1. The van der Waals surface area contributed by atoms with Gasteiger partial charge in [-0.15, -0.1) is 0 Å². The Morgan fingerprint density at radius 1 is 1.08 bits per heavy atom. The molecule has 1 fully saturated rings. The van der Waals surface area contributed by atoms with Gasteiger partial charge in [0.2, 0.25) is 5.91 Å². The van der Waals surface area contributed by atoms with E-state index in [4.69, 9.17) is 0 Å². The molecule has 0 spiro atoms. The van der Waals surface area contributed by atoms with Gasteiger partial charge in [0.15, 0.2) is 0 Å². The van der Waals surface area contributed by atoms with Crippen molar-refractivity contribution in [3.63, 3.8) is 0 Å². The zero-order valence-electron chi connectivity index (χ0n) is 14.3. The number of likely N-dealkylation sites (tertiary alicyclic amines) is 1. The highest BCUT2D eigenvalue weighted by atomic mass is 16.3. The summed E-state index contributed by atoms with van der Waals surface area (Å²) < 4.78 is 0. The summed E-state index contributed by atoms with van der Waals surface area (Å²) >= 11 is 0. The highest BCUT2D eigenvalue weighted by Gasteiger charge is 2.43. The van der Waals surface area contributed by atoms with Crippen LogP contribution in [-0.4, -0.2) is 52.7 Å². The Morgan fingerprint density at radius 3 is 2.31 bits per heavy atom. The fraction of sp³-hybridized carbons (Fsp3) is 0.300. The van der Waals surface area contributed by atoms with Crippen LogP contribution in [0.1, 0.15) is 22.3 Å². The van der Waals surface area contributed by atoms with Crippen molar-refractivity contribution in [2.24, 2.45) is 0 Å². The highest BCUT2D eigenvalue weighted by molar-refractivity contribution is 5.96. The number of nitrogens with zero attached hydrogens (tertiary/aromatic N) is 1. The van der Waals surface area contributed by atoms with Gasteiger partial charge in [-0.2, -0.15) is 0 Å². The van der Waals surface area contributed by atoms with E-state index in [0.29, 0.717) is 17.7 Å². The molecule has 0 bridgehead atoms. The van der Waals surface area contributed by atoms with Crippen LogP contribution < -0.4 is 5.32 Å². The third kappa shape index (κ3) is 3.76. The maximum absolute atomic E-state index is 12.3. The van der Waals surface area contributed by atoms with E-state index in [1.807, 2.05) is 12.1 Å². The third-order valence-electron chi connectivity index (χ3n) is 4.77. The first-order valence-corrected chi connectivity index (χ1v) is 8.58. The lowest BCUT2D eigenvalue weighted by molar-refractivity contribution is -0.150. The van der Waals surface area contributed by atoms with Crippen LogP contribution in [0.3, 0.4) is 0 Å². The minimum atomic E-state index is -1.37. The van der Waals surface area contributed by atoms with Gasteiger partial charge < -0.3 is 20.4 Å². The number of nitrogens with one attached hydrogen (secondary N) is 1. The number of hydrogen-bond donors (Lipinski definition) is 3. The van der Waals surface area contributed by atoms with Gasteiger partial charge in [0.05, 0.1) is 6.54 Å². The van der Waals surface area contributed by atoms with Crippen LogP contribution in [0.5, 0.6) is 0 Å². The Kier molecular flexibility index (Phi) is 5.35. The fourth-order valence-electron chi connectivity index (χ4n) is 3.17. The average molecular weight is 354 g/mol. The lowest BCUT2D eigenvalue weighted by Gasteiger charge is -2.42. The number of piperidine rings is 1. The van der Waals surface area contributed by atoms with E-state index in [1.165, 1.54) is 4.90 Å². The Hall–Kier alpha value is -2.70. The molecule has 1 saturated heterocycles. The lowest BCUT2D eigenvalue weighted by atomic mass is 9.82. The molecule has 3 N–H and O–H groups in total. The van der Waals surface area contributed by atoms with E-state index in [0.717, 1.165) is 0 Å². The SMILES string of the molecule is O=C(NCC(=O)N1CC[C@](O)(c2ccccc2)[C@@H](O)C1)c1ccccc1. The largest absolute Gasteiger partial charge is 0.388 e. The van der Waals surface area contributed by atoms with Gasteiger partial charge in [-0.3, -0.25) is 9.59 Å². The number of hydrogen-bond acceptors (Lipinski definition) is 4. The molecule has 1 aliphatic rings. The van der Waals surface area contributed by atoms with Crippen LogP contribution in [0.4, 0.5) is 0 Å². The molecule has 0 aromatic heterocycles. The van der Waals surface area contributed by atoms with E-state index in [1.54, 1.807) is 48.5 Å². The molecule has 6 heteroatoms. The van der Waals surface area contributed by atoms with E-state index >= 15 is 0 Å². The molecule has 1 heterocycles. The molecule has 0 aliphatic carbocycles. The van der Waals surface area contributed by atoms with E-state index in [-0.39, 0.29) is 31.3 Å². The monoisotopic (exact) mass is 354 g/mol. The molecule has 6 nitrogen and oxygen atoms in total. The maximum Gasteiger partial charge on any atom is 0.251 e. The molecule has 136 valence electrons. The maximum atomic E-state index is 12.3. The summed E-state index contributed by atoms with van der Waals surface area (Å²) in [7, 11) is 0. The molecule has 26 heavy (non-hydrogen) atoms. The number of aliphatic hydroxyl groups excluding tert-OH is 1. The van der Waals surface area contributed by atoms with Gasteiger partial charge in [0.25, 0.3) is 5.91 Å². The minimum Gasteiger partial charge on any atom is -0.388 e. The molecule has 0 saturated carbocycles. The lowest BCUT2D eigenvalue weighted by Crippen LogP contribution is -2.56. The van der Waals surface area contributed by atoms with Gasteiger partial charge in [-0.25, -0.2) is 0 Å². The van der Waals surface area contributed by atoms with Gasteiger partial charge in [0, 0.05) is 25.1 Å². The van der Waals surface area contributed by atoms with Crippen LogP contribution in [0, 0.1) is 0 Å². The summed E-state index contributed by atoms with van der Waals surface area (Å²) in [5, 5.41) is 23.8. The Morgan fingerprint density at radius 2 is 1.69 bits per heavy atom. The van der Waals surface area contributed by atoms with E-state index < -0.39 is 11.7 Å². The number of rotatable bonds is 4. The summed E-state index contributed by atoms with van der Waals surface area (Å²) in [4.78, 5) is 25.8. The van der Waals surface area contributed by atoms with Crippen molar-refractivity contribution in [3.05, 3.63) is 71.8 Å². The van der Waals surface area contributed by atoms with Crippen molar-refractivity contribution in [2.45, 2.75) is 18.1 Å². The first-order valence-electron chi connectivity index (χ1n) is 8.58. The zero-order chi connectivity index (χ0) is 18.6. The minimum absolute atomic E-state index is 0.0193. The van der Waals surface area contributed by atoms with Crippen molar-refractivity contribution >= 4 is 11.8 Å². The standard InChI is InChI=1S/C20H22N2O4/c23-17-14-22(12-11-20(17,26)16-9-5-2-6-10-16)18(24)13-21-19(25)15-7-3-1-4-8-15/h1-10,17,23,26H,11-14H2,(H,21,25)/t17-,20-/m0/s1. The predicted octanol–water partition coefficient (Wildman–Crippen LogP) is 0.897. The van der Waals surface area contributed by atoms with Gasteiger partial charge in [0.1, 0.15) is 11.7 Å². The molecule has 2 amide bonds. The van der Waals surface area contributed by atoms with Crippen molar-refractivity contribution in [3.8, 4) is 0 Å². The average Bonchev–Trinajstić information content (AvgIpc) is 2.69. The number of carbonyl (C=O) groups is 2. The molecule has 2 atom stereocenters. The van der Waals surface area contributed by atoms with E-state index in [9.17, 15) is 19.8 Å². The van der Waals surface area contributed by atoms with Gasteiger partial charge >= 0.3 is 0 Å². The van der Waals surface area contributed by atoms with Crippen LogP contribution >= 0.6 is 0 Å². The Balaban J connectivity index is 1.57. The predicted molar refractivity (Wildman–Crippen MR) is 96.3 cm³/mol. The van der Waals surface area contributed by atoms with Crippen LogP contribution in [0.2, 0.25) is 0 Å². The Labute approximate surface area is 152 Å². The van der Waals surface area contributed by atoms with Crippen LogP contribution in [-0.2, 0) is 10.4 Å². The third-order valence-corrected chi connectivity index (χ3v) is 4.77. The molecule has 1 aliphatic heterocycles. The second-order valence-electron chi connectivity index (χ2n) is 6.44. The number of benzene rings is 2. The smallest absolute Gasteiger partial charge is 0.251 e. The second-order valence-corrected chi connectivity index (χ2v) is 6.44. The fourth-order valence-corrected chi connectivity index (χ4v) is 3.17. The quantitative estimate of drug-likeness (QED) is 0.761. The second kappa shape index (κ2) is 7.68. The molecule has 2 aromatic rings. The highest BCUT2D eigenvalue weighted by Crippen LogP contribution is 2.32. The first-order chi connectivity index (χ1) is 12.5. The number of β-amino-alcohol motifs (C(OH)–C–C–N with tert-alkyl or cyclic N) is 1. The molecule has 2 aromatic carbocycles. The van der Waals surface area contributed by atoms with Crippen molar-refractivity contribution < 1.29 is 19.8 Å². The van der Waals surface area contributed by atoms with Crippen molar-refractivity contribution in [2.75, 3.05) is 19.6 Å². The summed E-state index contributed by atoms with van der Waals surface area (Å²) in [6.07, 6.45) is -0.858. The van der Waals surface area contributed by atoms with Crippen LogP contribution in [0.15, 0.2) is 60.7 Å². The topological polar surface area (TPSA) is 89.9 Å². The van der Waals surface area contributed by atoms with Gasteiger partial charge in [-0.1, -0.05) is 48.5 Å². The molecule has 0 radical (unpaired) electrons. The summed E-state index contributed by atoms with van der Waals surface area (Å²) in [6, 6.07) is 17.6. The van der Waals surface area contributed by atoms with Crippen molar-refractivity contribution in [1.82, 2.24) is 10.2 Å². The molecule has 0 unspecified atom stereocenters. The summed E-state index contributed by atoms with van der Waals surface area (Å²) in [6.45, 7) is 0.179. The summed E-state index contributed by atoms with van der Waals surface area (Å²) in [5.74, 6) is -0.610. The molecule has 3 rings (SSSR count). The zero-order valence-corrected chi connectivity index (χ0v) is 14.3. The normalized spacial score (nSPS) is 22.7. The van der Waals surface area contributed by atoms with Crippen molar-refractivity contribution in [1.29, 1.82) is 0 Å². The Bertz CT molecular complexity index is 766.